The van der Waals surface area contributed by atoms with Crippen molar-refractivity contribution in [2.24, 2.45) is 0 Å². The van der Waals surface area contributed by atoms with Gasteiger partial charge in [0.15, 0.2) is 0 Å². The molecule has 0 amide bonds. The zero-order chi connectivity index (χ0) is 12.4. The molecule has 0 bridgehead atoms. The van der Waals surface area contributed by atoms with Gasteiger partial charge in [0.25, 0.3) is 0 Å². The summed E-state index contributed by atoms with van der Waals surface area (Å²) in [5.74, 6) is 0. The SMILES string of the molecule is N#CC1CCCCN1Cc1cn2ccccc2n1. The van der Waals surface area contributed by atoms with Gasteiger partial charge in [0.2, 0.25) is 0 Å². The molecule has 4 heteroatoms. The summed E-state index contributed by atoms with van der Waals surface area (Å²) in [5.41, 5.74) is 2.02. The topological polar surface area (TPSA) is 44.3 Å². The molecule has 1 fully saturated rings. The number of nitrogens with zero attached hydrogens (tertiary/aromatic N) is 4. The molecular formula is C14H16N4. The van der Waals surface area contributed by atoms with Crippen LogP contribution in [0.2, 0.25) is 0 Å². The molecule has 92 valence electrons. The molecule has 3 heterocycles. The molecule has 0 saturated carbocycles. The molecule has 4 nitrogen and oxygen atoms in total. The van der Waals surface area contributed by atoms with E-state index in [1.54, 1.807) is 0 Å². The van der Waals surface area contributed by atoms with Crippen molar-refractivity contribution in [2.45, 2.75) is 31.8 Å². The lowest BCUT2D eigenvalue weighted by molar-refractivity contribution is 0.174. The summed E-state index contributed by atoms with van der Waals surface area (Å²) in [6.45, 7) is 1.78. The zero-order valence-electron chi connectivity index (χ0n) is 10.3. The molecule has 1 saturated heterocycles. The molecule has 3 rings (SSSR count). The molecule has 2 aromatic heterocycles. The molecule has 1 atom stereocenters. The van der Waals surface area contributed by atoms with Gasteiger partial charge in [-0.15, -0.1) is 0 Å². The number of likely N-dealkylation sites (tertiary alicyclic amines) is 1. The third kappa shape index (κ3) is 2.09. The van der Waals surface area contributed by atoms with Gasteiger partial charge < -0.3 is 4.40 Å². The van der Waals surface area contributed by atoms with E-state index < -0.39 is 0 Å². The maximum Gasteiger partial charge on any atom is 0.137 e. The van der Waals surface area contributed by atoms with Crippen molar-refractivity contribution in [1.29, 1.82) is 5.26 Å². The standard InChI is InChI=1S/C14H16N4/c15-9-13-5-1-3-7-17(13)10-12-11-18-8-4-2-6-14(18)16-12/h2,4,6,8,11,13H,1,3,5,7,10H2. The van der Waals surface area contributed by atoms with E-state index in [9.17, 15) is 0 Å². The minimum absolute atomic E-state index is 0.0589. The zero-order valence-corrected chi connectivity index (χ0v) is 10.3. The number of hydrogen-bond donors (Lipinski definition) is 0. The Balaban J connectivity index is 1.81. The highest BCUT2D eigenvalue weighted by Gasteiger charge is 2.22. The number of rotatable bonds is 2. The summed E-state index contributed by atoms with van der Waals surface area (Å²) in [7, 11) is 0. The van der Waals surface area contributed by atoms with Crippen molar-refractivity contribution < 1.29 is 0 Å². The number of nitriles is 1. The van der Waals surface area contributed by atoms with Crippen molar-refractivity contribution in [3.8, 4) is 6.07 Å². The average Bonchev–Trinajstić information content (AvgIpc) is 2.81. The van der Waals surface area contributed by atoms with Gasteiger partial charge in [-0.1, -0.05) is 6.07 Å². The molecule has 1 aliphatic rings. The highest BCUT2D eigenvalue weighted by Crippen LogP contribution is 2.19. The van der Waals surface area contributed by atoms with Crippen molar-refractivity contribution >= 4 is 5.65 Å². The van der Waals surface area contributed by atoms with Gasteiger partial charge in [0.05, 0.1) is 17.8 Å². The van der Waals surface area contributed by atoms with Crippen LogP contribution in [0.5, 0.6) is 0 Å². The quantitative estimate of drug-likeness (QED) is 0.808. The third-order valence-corrected chi connectivity index (χ3v) is 3.54. The molecule has 0 N–H and O–H groups in total. The molecule has 0 radical (unpaired) electrons. The van der Waals surface area contributed by atoms with Crippen molar-refractivity contribution in [3.05, 3.63) is 36.3 Å². The molecule has 1 aliphatic heterocycles. The van der Waals surface area contributed by atoms with Crippen LogP contribution in [0.4, 0.5) is 0 Å². The van der Waals surface area contributed by atoms with Crippen LogP contribution in [0.25, 0.3) is 5.65 Å². The maximum atomic E-state index is 9.16. The molecule has 1 unspecified atom stereocenters. The Kier molecular flexibility index (Phi) is 2.99. The van der Waals surface area contributed by atoms with E-state index in [1.165, 1.54) is 12.8 Å². The molecule has 0 spiro atoms. The van der Waals surface area contributed by atoms with E-state index in [1.807, 2.05) is 28.8 Å². The molecule has 0 aromatic carbocycles. The number of aromatic nitrogens is 2. The van der Waals surface area contributed by atoms with Crippen LogP contribution >= 0.6 is 0 Å². The number of fused-ring (bicyclic) bond motifs is 1. The van der Waals surface area contributed by atoms with Crippen molar-refractivity contribution in [3.63, 3.8) is 0 Å². The highest BCUT2D eigenvalue weighted by atomic mass is 15.2. The number of piperidine rings is 1. The van der Waals surface area contributed by atoms with Gasteiger partial charge in [-0.25, -0.2) is 4.98 Å². The Morgan fingerprint density at radius 3 is 3.17 bits per heavy atom. The number of pyridine rings is 1. The van der Waals surface area contributed by atoms with Crippen LogP contribution in [0.15, 0.2) is 30.6 Å². The Hall–Kier alpha value is -1.86. The van der Waals surface area contributed by atoms with E-state index in [4.69, 9.17) is 5.26 Å². The molecule has 2 aromatic rings. The second kappa shape index (κ2) is 4.79. The molecule has 0 aliphatic carbocycles. The molecular weight excluding hydrogens is 224 g/mol. The normalized spacial score (nSPS) is 20.9. The van der Waals surface area contributed by atoms with Crippen molar-refractivity contribution in [2.75, 3.05) is 6.54 Å². The highest BCUT2D eigenvalue weighted by molar-refractivity contribution is 5.39. The lowest BCUT2D eigenvalue weighted by atomic mass is 10.0. The lowest BCUT2D eigenvalue weighted by Gasteiger charge is -2.30. The van der Waals surface area contributed by atoms with E-state index in [0.717, 1.165) is 30.9 Å². The fraction of sp³-hybridized carbons (Fsp3) is 0.429. The predicted octanol–water partition coefficient (Wildman–Crippen LogP) is 2.21. The average molecular weight is 240 g/mol. The first-order valence-electron chi connectivity index (χ1n) is 6.43. The second-order valence-corrected chi connectivity index (χ2v) is 4.81. The second-order valence-electron chi connectivity index (χ2n) is 4.81. The van der Waals surface area contributed by atoms with Crippen LogP contribution in [-0.4, -0.2) is 26.9 Å². The van der Waals surface area contributed by atoms with Crippen molar-refractivity contribution in [1.82, 2.24) is 14.3 Å². The van der Waals surface area contributed by atoms with E-state index >= 15 is 0 Å². The first kappa shape index (κ1) is 11.2. The maximum absolute atomic E-state index is 9.16. The monoisotopic (exact) mass is 240 g/mol. The minimum Gasteiger partial charge on any atom is -0.307 e. The number of imidazole rings is 1. The summed E-state index contributed by atoms with van der Waals surface area (Å²) >= 11 is 0. The number of hydrogen-bond acceptors (Lipinski definition) is 3. The third-order valence-electron chi connectivity index (χ3n) is 3.54. The van der Waals surface area contributed by atoms with E-state index in [-0.39, 0.29) is 6.04 Å². The Morgan fingerprint density at radius 1 is 1.39 bits per heavy atom. The minimum atomic E-state index is 0.0589. The summed E-state index contributed by atoms with van der Waals surface area (Å²) in [5, 5.41) is 9.16. The largest absolute Gasteiger partial charge is 0.307 e. The Labute approximate surface area is 106 Å². The summed E-state index contributed by atoms with van der Waals surface area (Å²) in [4.78, 5) is 6.83. The van der Waals surface area contributed by atoms with Gasteiger partial charge in [0.1, 0.15) is 5.65 Å². The predicted molar refractivity (Wildman–Crippen MR) is 68.9 cm³/mol. The molecule has 18 heavy (non-hydrogen) atoms. The Bertz CT molecular complexity index is 548. The lowest BCUT2D eigenvalue weighted by Crippen LogP contribution is -2.37. The summed E-state index contributed by atoms with van der Waals surface area (Å²) in [6, 6.07) is 8.45. The first-order chi connectivity index (χ1) is 8.86. The van der Waals surface area contributed by atoms with E-state index in [0.29, 0.717) is 0 Å². The smallest absolute Gasteiger partial charge is 0.137 e. The van der Waals surface area contributed by atoms with Gasteiger partial charge in [-0.3, -0.25) is 4.90 Å². The summed E-state index contributed by atoms with van der Waals surface area (Å²) in [6.07, 6.45) is 7.40. The Morgan fingerprint density at radius 2 is 2.33 bits per heavy atom. The first-order valence-corrected chi connectivity index (χ1v) is 6.43. The fourth-order valence-corrected chi connectivity index (χ4v) is 2.60. The van der Waals surface area contributed by atoms with Gasteiger partial charge in [-0.2, -0.15) is 5.26 Å². The van der Waals surface area contributed by atoms with Crippen LogP contribution in [-0.2, 0) is 6.54 Å². The van der Waals surface area contributed by atoms with Crippen LogP contribution in [0.1, 0.15) is 25.0 Å². The van der Waals surface area contributed by atoms with Gasteiger partial charge >= 0.3 is 0 Å². The van der Waals surface area contributed by atoms with Crippen LogP contribution in [0.3, 0.4) is 0 Å². The van der Waals surface area contributed by atoms with Crippen LogP contribution in [0, 0.1) is 11.3 Å². The fourth-order valence-electron chi connectivity index (χ4n) is 2.60. The summed E-state index contributed by atoms with van der Waals surface area (Å²) < 4.78 is 2.03. The van der Waals surface area contributed by atoms with Gasteiger partial charge in [0, 0.05) is 18.9 Å². The van der Waals surface area contributed by atoms with E-state index in [2.05, 4.69) is 22.1 Å². The van der Waals surface area contributed by atoms with Crippen LogP contribution < -0.4 is 0 Å². The van der Waals surface area contributed by atoms with Gasteiger partial charge in [-0.05, 0) is 37.9 Å².